The summed E-state index contributed by atoms with van der Waals surface area (Å²) in [5.74, 6) is -0.137. The topological polar surface area (TPSA) is 68.0 Å². The predicted octanol–water partition coefficient (Wildman–Crippen LogP) is 2.22. The van der Waals surface area contributed by atoms with Gasteiger partial charge in [-0.05, 0) is 20.3 Å². The van der Waals surface area contributed by atoms with Gasteiger partial charge in [0.05, 0.1) is 11.7 Å². The highest BCUT2D eigenvalue weighted by Crippen LogP contribution is 2.21. The second-order valence-electron chi connectivity index (χ2n) is 3.90. The number of carbonyl (C=O) groups is 1. The fourth-order valence-electron chi connectivity index (χ4n) is 1.28. The van der Waals surface area contributed by atoms with E-state index in [2.05, 4.69) is 17.2 Å². The van der Waals surface area contributed by atoms with Crippen LogP contribution >= 0.6 is 11.3 Å². The van der Waals surface area contributed by atoms with E-state index in [0.717, 1.165) is 29.8 Å². The number of carbonyl (C=O) groups excluding carboxylic acids is 1. The maximum atomic E-state index is 11.7. The fraction of sp³-hybridized carbons (Fsp3) is 0.636. The Kier molecular flexibility index (Phi) is 4.89. The van der Waals surface area contributed by atoms with Crippen LogP contribution in [0.2, 0.25) is 0 Å². The zero-order valence-electron chi connectivity index (χ0n) is 10.0. The lowest BCUT2D eigenvalue weighted by molar-refractivity contribution is -0.117. The van der Waals surface area contributed by atoms with Crippen LogP contribution in [-0.2, 0) is 4.79 Å². The standard InChI is InChI=1S/C11H19N3OS/c1-4-5-6-9(12)10(15)14-11-13-7(2)8(3)16-11/h9H,4-6,12H2,1-3H3,(H,13,14,15). The molecule has 0 radical (unpaired) electrons. The Bertz CT molecular complexity index is 343. The van der Waals surface area contributed by atoms with Crippen LogP contribution < -0.4 is 11.1 Å². The Balaban J connectivity index is 2.50. The van der Waals surface area contributed by atoms with Crippen LogP contribution in [0.25, 0.3) is 0 Å². The molecular formula is C11H19N3OS. The Morgan fingerprint density at radius 2 is 2.25 bits per heavy atom. The summed E-state index contributed by atoms with van der Waals surface area (Å²) in [6, 6.07) is -0.426. The summed E-state index contributed by atoms with van der Waals surface area (Å²) in [6.07, 6.45) is 2.76. The highest BCUT2D eigenvalue weighted by atomic mass is 32.1. The third kappa shape index (κ3) is 3.57. The summed E-state index contributed by atoms with van der Waals surface area (Å²) in [4.78, 5) is 17.0. The molecule has 5 heteroatoms. The molecule has 0 aromatic carbocycles. The molecule has 1 atom stereocenters. The number of aryl methyl sites for hydroxylation is 2. The molecule has 0 aliphatic carbocycles. The smallest absolute Gasteiger partial charge is 0.243 e. The van der Waals surface area contributed by atoms with Crippen molar-refractivity contribution in [1.29, 1.82) is 0 Å². The molecule has 1 aromatic heterocycles. The van der Waals surface area contributed by atoms with Gasteiger partial charge in [0.2, 0.25) is 5.91 Å². The average Bonchev–Trinajstić information content (AvgIpc) is 2.54. The largest absolute Gasteiger partial charge is 0.320 e. The van der Waals surface area contributed by atoms with Gasteiger partial charge in [0, 0.05) is 4.88 Å². The zero-order valence-corrected chi connectivity index (χ0v) is 10.9. The van der Waals surface area contributed by atoms with Gasteiger partial charge in [-0.1, -0.05) is 19.8 Å². The van der Waals surface area contributed by atoms with Crippen LogP contribution in [0.3, 0.4) is 0 Å². The third-order valence-electron chi connectivity index (χ3n) is 2.46. The van der Waals surface area contributed by atoms with Crippen LogP contribution in [0.15, 0.2) is 0 Å². The van der Waals surface area contributed by atoms with Crippen molar-refractivity contribution in [1.82, 2.24) is 4.98 Å². The molecule has 0 aliphatic heterocycles. The van der Waals surface area contributed by atoms with E-state index in [1.807, 2.05) is 13.8 Å². The minimum Gasteiger partial charge on any atom is -0.320 e. The number of aromatic nitrogens is 1. The van der Waals surface area contributed by atoms with Gasteiger partial charge in [-0.15, -0.1) is 11.3 Å². The number of nitrogens with zero attached hydrogens (tertiary/aromatic N) is 1. The van der Waals surface area contributed by atoms with E-state index < -0.39 is 6.04 Å². The van der Waals surface area contributed by atoms with Crippen molar-refractivity contribution in [3.05, 3.63) is 10.6 Å². The van der Waals surface area contributed by atoms with Crippen molar-refractivity contribution in [2.75, 3.05) is 5.32 Å². The number of thiazole rings is 1. The Hall–Kier alpha value is -0.940. The lowest BCUT2D eigenvalue weighted by Gasteiger charge is -2.09. The van der Waals surface area contributed by atoms with Crippen molar-refractivity contribution in [2.24, 2.45) is 5.73 Å². The third-order valence-corrected chi connectivity index (χ3v) is 3.45. The van der Waals surface area contributed by atoms with Crippen LogP contribution in [0, 0.1) is 13.8 Å². The molecule has 4 nitrogen and oxygen atoms in total. The number of unbranched alkanes of at least 4 members (excludes halogenated alkanes) is 1. The molecule has 0 saturated carbocycles. The summed E-state index contributed by atoms with van der Waals surface area (Å²) in [6.45, 7) is 6.00. The molecule has 0 fully saturated rings. The first-order chi connectivity index (χ1) is 7.54. The van der Waals surface area contributed by atoms with Gasteiger partial charge in [0.1, 0.15) is 0 Å². The Labute approximate surface area is 100 Å². The predicted molar refractivity (Wildman–Crippen MR) is 67.7 cm³/mol. The van der Waals surface area contributed by atoms with Gasteiger partial charge >= 0.3 is 0 Å². The van der Waals surface area contributed by atoms with Gasteiger partial charge in [-0.3, -0.25) is 4.79 Å². The Morgan fingerprint density at radius 1 is 1.56 bits per heavy atom. The summed E-state index contributed by atoms with van der Waals surface area (Å²) in [5, 5.41) is 3.40. The fourth-order valence-corrected chi connectivity index (χ4v) is 2.10. The van der Waals surface area contributed by atoms with Crippen molar-refractivity contribution in [3.8, 4) is 0 Å². The van der Waals surface area contributed by atoms with Crippen LogP contribution in [-0.4, -0.2) is 16.9 Å². The van der Waals surface area contributed by atoms with E-state index in [1.54, 1.807) is 0 Å². The summed E-state index contributed by atoms with van der Waals surface area (Å²) in [7, 11) is 0. The summed E-state index contributed by atoms with van der Waals surface area (Å²) < 4.78 is 0. The number of rotatable bonds is 5. The molecule has 1 unspecified atom stereocenters. The number of nitrogens with one attached hydrogen (secondary N) is 1. The van der Waals surface area contributed by atoms with Crippen molar-refractivity contribution >= 4 is 22.4 Å². The van der Waals surface area contributed by atoms with Crippen molar-refractivity contribution < 1.29 is 4.79 Å². The SMILES string of the molecule is CCCCC(N)C(=O)Nc1nc(C)c(C)s1. The minimum atomic E-state index is -0.426. The van der Waals surface area contributed by atoms with Gasteiger partial charge in [-0.25, -0.2) is 4.98 Å². The van der Waals surface area contributed by atoms with Crippen LogP contribution in [0.4, 0.5) is 5.13 Å². The molecular weight excluding hydrogens is 222 g/mol. The zero-order chi connectivity index (χ0) is 12.1. The molecule has 16 heavy (non-hydrogen) atoms. The lowest BCUT2D eigenvalue weighted by atomic mass is 10.1. The molecule has 1 aromatic rings. The first-order valence-electron chi connectivity index (χ1n) is 5.55. The van der Waals surface area contributed by atoms with Crippen LogP contribution in [0.5, 0.6) is 0 Å². The quantitative estimate of drug-likeness (QED) is 0.830. The first-order valence-corrected chi connectivity index (χ1v) is 6.36. The van der Waals surface area contributed by atoms with E-state index in [-0.39, 0.29) is 5.91 Å². The number of hydrogen-bond donors (Lipinski definition) is 2. The number of amides is 1. The maximum Gasteiger partial charge on any atom is 0.243 e. The number of anilines is 1. The van der Waals surface area contributed by atoms with E-state index >= 15 is 0 Å². The molecule has 0 bridgehead atoms. The first kappa shape index (κ1) is 13.1. The second-order valence-corrected chi connectivity index (χ2v) is 5.10. The minimum absolute atomic E-state index is 0.137. The molecule has 0 saturated heterocycles. The average molecular weight is 241 g/mol. The van der Waals surface area contributed by atoms with Crippen LogP contribution in [0.1, 0.15) is 36.8 Å². The second kappa shape index (κ2) is 5.96. The number of nitrogens with two attached hydrogens (primary N) is 1. The summed E-state index contributed by atoms with van der Waals surface area (Å²) >= 11 is 1.49. The van der Waals surface area contributed by atoms with Crippen molar-refractivity contribution in [3.63, 3.8) is 0 Å². The van der Waals surface area contributed by atoms with Gasteiger partial charge in [0.25, 0.3) is 0 Å². The van der Waals surface area contributed by atoms with E-state index in [9.17, 15) is 4.79 Å². The van der Waals surface area contributed by atoms with Gasteiger partial charge in [0.15, 0.2) is 5.13 Å². The molecule has 0 spiro atoms. The molecule has 0 aliphatic rings. The summed E-state index contributed by atoms with van der Waals surface area (Å²) in [5.41, 5.74) is 6.72. The van der Waals surface area contributed by atoms with Crippen molar-refractivity contribution in [2.45, 2.75) is 46.1 Å². The highest BCUT2D eigenvalue weighted by Gasteiger charge is 2.14. The monoisotopic (exact) mass is 241 g/mol. The molecule has 1 heterocycles. The lowest BCUT2D eigenvalue weighted by Crippen LogP contribution is -2.35. The van der Waals surface area contributed by atoms with Gasteiger partial charge < -0.3 is 11.1 Å². The van der Waals surface area contributed by atoms with Gasteiger partial charge in [-0.2, -0.15) is 0 Å². The number of hydrogen-bond acceptors (Lipinski definition) is 4. The normalized spacial score (nSPS) is 12.5. The molecule has 90 valence electrons. The Morgan fingerprint density at radius 3 is 2.75 bits per heavy atom. The van der Waals surface area contributed by atoms with E-state index in [1.165, 1.54) is 11.3 Å². The molecule has 1 rings (SSSR count). The highest BCUT2D eigenvalue weighted by molar-refractivity contribution is 7.15. The molecule has 3 N–H and O–H groups in total. The van der Waals surface area contributed by atoms with E-state index in [0.29, 0.717) is 5.13 Å². The van der Waals surface area contributed by atoms with E-state index in [4.69, 9.17) is 5.73 Å². The molecule has 1 amide bonds. The maximum absolute atomic E-state index is 11.7.